The van der Waals surface area contributed by atoms with Crippen LogP contribution in [-0.2, 0) is 9.53 Å². The van der Waals surface area contributed by atoms with E-state index in [2.05, 4.69) is 17.4 Å². The Morgan fingerprint density at radius 2 is 1.50 bits per heavy atom. The summed E-state index contributed by atoms with van der Waals surface area (Å²) in [4.78, 5) is 23.9. The Bertz CT molecular complexity index is 1040. The van der Waals surface area contributed by atoms with Crippen molar-refractivity contribution >= 4 is 23.7 Å². The highest BCUT2D eigenvalue weighted by Crippen LogP contribution is 2.44. The SMILES string of the molecule is O=C(NCC(C(=O)O)c1ccc(Cl)cc1)OCC1c2ccccc2-c2ccccc21. The zero-order chi connectivity index (χ0) is 21.1. The van der Waals surface area contributed by atoms with Crippen LogP contribution in [0, 0.1) is 0 Å². The molecule has 3 aromatic rings. The Hall–Kier alpha value is -3.31. The number of alkyl carbamates (subject to hydrolysis) is 1. The van der Waals surface area contributed by atoms with Gasteiger partial charge in [-0.05, 0) is 39.9 Å². The molecule has 5 nitrogen and oxygen atoms in total. The number of hydrogen-bond acceptors (Lipinski definition) is 3. The maximum absolute atomic E-state index is 12.3. The molecule has 3 aromatic carbocycles. The number of ether oxygens (including phenoxy) is 1. The van der Waals surface area contributed by atoms with Crippen molar-refractivity contribution in [3.8, 4) is 11.1 Å². The summed E-state index contributed by atoms with van der Waals surface area (Å²) < 4.78 is 5.46. The van der Waals surface area contributed by atoms with Crippen LogP contribution < -0.4 is 5.32 Å². The smallest absolute Gasteiger partial charge is 0.407 e. The van der Waals surface area contributed by atoms with Gasteiger partial charge in [0, 0.05) is 17.5 Å². The van der Waals surface area contributed by atoms with E-state index in [1.54, 1.807) is 24.3 Å². The van der Waals surface area contributed by atoms with E-state index in [9.17, 15) is 14.7 Å². The molecular formula is C24H20ClNO4. The third kappa shape index (κ3) is 4.02. The summed E-state index contributed by atoms with van der Waals surface area (Å²) in [7, 11) is 0. The molecule has 1 unspecified atom stereocenters. The quantitative estimate of drug-likeness (QED) is 0.584. The van der Waals surface area contributed by atoms with Crippen LogP contribution in [0.1, 0.15) is 28.5 Å². The lowest BCUT2D eigenvalue weighted by Gasteiger charge is -2.16. The highest BCUT2D eigenvalue weighted by molar-refractivity contribution is 6.30. The van der Waals surface area contributed by atoms with Crippen LogP contribution >= 0.6 is 11.6 Å². The summed E-state index contributed by atoms with van der Waals surface area (Å²) in [6.45, 7) is 0.103. The van der Waals surface area contributed by atoms with Crippen molar-refractivity contribution in [3.63, 3.8) is 0 Å². The average Bonchev–Trinajstić information content (AvgIpc) is 3.07. The van der Waals surface area contributed by atoms with E-state index in [0.717, 1.165) is 22.3 Å². The van der Waals surface area contributed by atoms with Gasteiger partial charge in [-0.25, -0.2) is 4.79 Å². The van der Waals surface area contributed by atoms with Crippen LogP contribution in [0.25, 0.3) is 11.1 Å². The van der Waals surface area contributed by atoms with Crippen LogP contribution in [0.3, 0.4) is 0 Å². The predicted molar refractivity (Wildman–Crippen MR) is 115 cm³/mol. The fourth-order valence-electron chi connectivity index (χ4n) is 3.88. The molecule has 6 heteroatoms. The summed E-state index contributed by atoms with van der Waals surface area (Å²) in [5.41, 5.74) is 5.10. The summed E-state index contributed by atoms with van der Waals surface area (Å²) in [6.07, 6.45) is -0.642. The van der Waals surface area contributed by atoms with Gasteiger partial charge in [0.25, 0.3) is 0 Å². The topological polar surface area (TPSA) is 75.6 Å². The number of aliphatic carboxylic acids is 1. The van der Waals surface area contributed by atoms with Gasteiger partial charge in [0.15, 0.2) is 0 Å². The largest absolute Gasteiger partial charge is 0.481 e. The first-order valence-corrected chi connectivity index (χ1v) is 9.99. The van der Waals surface area contributed by atoms with Crippen molar-refractivity contribution in [2.24, 2.45) is 0 Å². The van der Waals surface area contributed by atoms with Gasteiger partial charge in [0.05, 0.1) is 5.92 Å². The van der Waals surface area contributed by atoms with Gasteiger partial charge in [0.2, 0.25) is 0 Å². The summed E-state index contributed by atoms with van der Waals surface area (Å²) >= 11 is 5.86. The second kappa shape index (κ2) is 8.59. The molecule has 30 heavy (non-hydrogen) atoms. The molecule has 0 heterocycles. The minimum Gasteiger partial charge on any atom is -0.481 e. The van der Waals surface area contributed by atoms with Crippen LogP contribution in [-0.4, -0.2) is 30.3 Å². The number of carbonyl (C=O) groups is 2. The number of hydrogen-bond donors (Lipinski definition) is 2. The van der Waals surface area contributed by atoms with Gasteiger partial charge < -0.3 is 15.2 Å². The first kappa shape index (κ1) is 20.0. The van der Waals surface area contributed by atoms with Crippen molar-refractivity contribution in [1.29, 1.82) is 0 Å². The number of amides is 1. The molecule has 152 valence electrons. The van der Waals surface area contributed by atoms with Crippen molar-refractivity contribution < 1.29 is 19.4 Å². The number of carboxylic acid groups (broad SMARTS) is 1. The minimum absolute atomic E-state index is 0.0466. The molecule has 2 N–H and O–H groups in total. The maximum Gasteiger partial charge on any atom is 0.407 e. The molecule has 0 spiro atoms. The van der Waals surface area contributed by atoms with E-state index in [-0.39, 0.29) is 19.1 Å². The fraction of sp³-hybridized carbons (Fsp3) is 0.167. The van der Waals surface area contributed by atoms with Gasteiger partial charge in [-0.15, -0.1) is 0 Å². The fourth-order valence-corrected chi connectivity index (χ4v) is 4.00. The van der Waals surface area contributed by atoms with E-state index < -0.39 is 18.0 Å². The Morgan fingerprint density at radius 3 is 2.07 bits per heavy atom. The Kier molecular flexibility index (Phi) is 5.72. The monoisotopic (exact) mass is 421 g/mol. The number of fused-ring (bicyclic) bond motifs is 3. The van der Waals surface area contributed by atoms with Crippen molar-refractivity contribution in [2.75, 3.05) is 13.2 Å². The second-order valence-electron chi connectivity index (χ2n) is 7.15. The third-order valence-corrected chi connectivity index (χ3v) is 5.62. The molecule has 4 rings (SSSR count). The normalized spacial score (nSPS) is 13.2. The van der Waals surface area contributed by atoms with E-state index in [0.29, 0.717) is 10.6 Å². The lowest BCUT2D eigenvalue weighted by Crippen LogP contribution is -2.32. The molecule has 0 radical (unpaired) electrons. The number of benzene rings is 3. The van der Waals surface area contributed by atoms with Crippen molar-refractivity contribution in [1.82, 2.24) is 5.32 Å². The molecule has 0 bridgehead atoms. The van der Waals surface area contributed by atoms with E-state index in [1.807, 2.05) is 36.4 Å². The molecule has 1 atom stereocenters. The van der Waals surface area contributed by atoms with Gasteiger partial charge in [-0.3, -0.25) is 4.79 Å². The van der Waals surface area contributed by atoms with Gasteiger partial charge in [-0.2, -0.15) is 0 Å². The molecule has 1 aliphatic rings. The summed E-state index contributed by atoms with van der Waals surface area (Å²) in [6, 6.07) is 22.7. The zero-order valence-electron chi connectivity index (χ0n) is 16.0. The van der Waals surface area contributed by atoms with Crippen LogP contribution in [0.4, 0.5) is 4.79 Å². The first-order valence-electron chi connectivity index (χ1n) is 9.61. The molecule has 1 amide bonds. The molecule has 0 fully saturated rings. The van der Waals surface area contributed by atoms with Crippen LogP contribution in [0.15, 0.2) is 72.8 Å². The molecule has 0 saturated carbocycles. The highest BCUT2D eigenvalue weighted by atomic mass is 35.5. The number of rotatable bonds is 6. The molecular weight excluding hydrogens is 402 g/mol. The Balaban J connectivity index is 1.40. The molecule has 0 aromatic heterocycles. The van der Waals surface area contributed by atoms with Crippen LogP contribution in [0.2, 0.25) is 5.02 Å². The third-order valence-electron chi connectivity index (χ3n) is 5.36. The highest BCUT2D eigenvalue weighted by Gasteiger charge is 2.29. The van der Waals surface area contributed by atoms with E-state index >= 15 is 0 Å². The number of carbonyl (C=O) groups excluding carboxylic acids is 1. The van der Waals surface area contributed by atoms with Crippen molar-refractivity contribution in [3.05, 3.63) is 94.5 Å². The number of carboxylic acids is 1. The average molecular weight is 422 g/mol. The summed E-state index contributed by atoms with van der Waals surface area (Å²) in [5, 5.41) is 12.6. The molecule has 0 saturated heterocycles. The molecule has 1 aliphatic carbocycles. The summed E-state index contributed by atoms with van der Waals surface area (Å²) in [5.74, 6) is -1.96. The van der Waals surface area contributed by atoms with Gasteiger partial charge in [-0.1, -0.05) is 72.3 Å². The van der Waals surface area contributed by atoms with Gasteiger partial charge in [0.1, 0.15) is 6.61 Å². The second-order valence-corrected chi connectivity index (χ2v) is 7.59. The number of nitrogens with one attached hydrogen (secondary N) is 1. The number of halogens is 1. The lowest BCUT2D eigenvalue weighted by molar-refractivity contribution is -0.138. The van der Waals surface area contributed by atoms with Crippen molar-refractivity contribution in [2.45, 2.75) is 11.8 Å². The van der Waals surface area contributed by atoms with E-state index in [1.165, 1.54) is 0 Å². The predicted octanol–water partition coefficient (Wildman–Crippen LogP) is 5.05. The standard InChI is InChI=1S/C24H20ClNO4/c25-16-11-9-15(10-12-16)21(23(27)28)13-26-24(29)30-14-22-19-7-3-1-5-17(19)18-6-2-4-8-20(18)22/h1-12,21-22H,13-14H2,(H,26,29)(H,27,28). The Morgan fingerprint density at radius 1 is 0.933 bits per heavy atom. The Labute approximate surface area is 179 Å². The van der Waals surface area contributed by atoms with Gasteiger partial charge >= 0.3 is 12.1 Å². The minimum atomic E-state index is -1.03. The first-order chi connectivity index (χ1) is 14.5. The lowest BCUT2D eigenvalue weighted by atomic mass is 9.98. The maximum atomic E-state index is 12.3. The van der Waals surface area contributed by atoms with E-state index in [4.69, 9.17) is 16.3 Å². The zero-order valence-corrected chi connectivity index (χ0v) is 16.8. The van der Waals surface area contributed by atoms with Crippen LogP contribution in [0.5, 0.6) is 0 Å². The molecule has 0 aliphatic heterocycles.